The van der Waals surface area contributed by atoms with E-state index in [0.717, 1.165) is 0 Å². The lowest BCUT2D eigenvalue weighted by Crippen LogP contribution is -2.05. The van der Waals surface area contributed by atoms with E-state index in [-0.39, 0.29) is 10.8 Å². The second-order valence-electron chi connectivity index (χ2n) is 1.96. The molecule has 0 atom stereocenters. The molecule has 6 heteroatoms. The summed E-state index contributed by atoms with van der Waals surface area (Å²) in [5, 5.41) is 0.171. The van der Waals surface area contributed by atoms with Crippen LogP contribution in [0.15, 0.2) is 11.1 Å². The quantitative estimate of drug-likeness (QED) is 0.559. The first-order valence-electron chi connectivity index (χ1n) is 2.86. The standard InChI is InChI=1S/C5H3ClN4O/c6-5-9-2-3(10-5)7-1-8-4(2)11/h1H,(H2,7,8,9,10,11). The SMILES string of the molecule is O=c1[nH]cnc2nc(Cl)[nH]c12. The van der Waals surface area contributed by atoms with Crippen molar-refractivity contribution in [1.82, 2.24) is 19.9 Å². The van der Waals surface area contributed by atoms with Crippen LogP contribution in [0.4, 0.5) is 0 Å². The fraction of sp³-hybridized carbons (Fsp3) is 0. The summed E-state index contributed by atoms with van der Waals surface area (Å²) in [6.07, 6.45) is 1.28. The van der Waals surface area contributed by atoms with Gasteiger partial charge in [-0.3, -0.25) is 4.79 Å². The van der Waals surface area contributed by atoms with Crippen LogP contribution in [0.3, 0.4) is 0 Å². The first-order chi connectivity index (χ1) is 5.27. The molecule has 5 nitrogen and oxygen atoms in total. The number of aromatic nitrogens is 4. The fourth-order valence-corrected chi connectivity index (χ4v) is 0.986. The molecule has 2 aromatic heterocycles. The van der Waals surface area contributed by atoms with Crippen LogP contribution in [0.1, 0.15) is 0 Å². The van der Waals surface area contributed by atoms with Crippen molar-refractivity contribution in [1.29, 1.82) is 0 Å². The molecule has 0 radical (unpaired) electrons. The minimum Gasteiger partial charge on any atom is -0.323 e. The van der Waals surface area contributed by atoms with Gasteiger partial charge in [0.25, 0.3) is 5.56 Å². The molecule has 0 spiro atoms. The van der Waals surface area contributed by atoms with E-state index in [0.29, 0.717) is 11.2 Å². The van der Waals surface area contributed by atoms with E-state index in [1.165, 1.54) is 6.33 Å². The molecule has 2 heterocycles. The summed E-state index contributed by atoms with van der Waals surface area (Å²) in [5.74, 6) is 0. The maximum absolute atomic E-state index is 11.0. The Hall–Kier alpha value is -1.36. The average molecular weight is 171 g/mol. The number of halogens is 1. The molecule has 56 valence electrons. The Balaban J connectivity index is 3.02. The lowest BCUT2D eigenvalue weighted by Gasteiger charge is -1.81. The van der Waals surface area contributed by atoms with Gasteiger partial charge in [-0.2, -0.15) is 4.98 Å². The Bertz CT molecular complexity index is 445. The highest BCUT2D eigenvalue weighted by Crippen LogP contribution is 2.05. The summed E-state index contributed by atoms with van der Waals surface area (Å²) in [4.78, 5) is 23.5. The molecule has 11 heavy (non-hydrogen) atoms. The molecule has 2 N–H and O–H groups in total. The molecule has 0 bridgehead atoms. The van der Waals surface area contributed by atoms with Crippen LogP contribution < -0.4 is 5.56 Å². The summed E-state index contributed by atoms with van der Waals surface area (Å²) in [7, 11) is 0. The first kappa shape index (κ1) is 6.36. The molecule has 0 unspecified atom stereocenters. The maximum Gasteiger partial charge on any atom is 0.276 e. The predicted octanol–water partition coefficient (Wildman–Crippen LogP) is 0.300. The van der Waals surface area contributed by atoms with E-state index in [9.17, 15) is 4.79 Å². The lowest BCUT2D eigenvalue weighted by atomic mass is 10.6. The van der Waals surface area contributed by atoms with Crippen LogP contribution in [0.25, 0.3) is 11.2 Å². The maximum atomic E-state index is 11.0. The largest absolute Gasteiger partial charge is 0.323 e. The predicted molar refractivity (Wildman–Crippen MR) is 39.5 cm³/mol. The van der Waals surface area contributed by atoms with Gasteiger partial charge in [-0.1, -0.05) is 0 Å². The minimum absolute atomic E-state index is 0.171. The van der Waals surface area contributed by atoms with Gasteiger partial charge in [-0.15, -0.1) is 0 Å². The molecule has 0 amide bonds. The van der Waals surface area contributed by atoms with Gasteiger partial charge in [0, 0.05) is 0 Å². The van der Waals surface area contributed by atoms with E-state index in [1.54, 1.807) is 0 Å². The molecule has 0 aliphatic rings. The van der Waals surface area contributed by atoms with Gasteiger partial charge in [-0.25, -0.2) is 4.98 Å². The summed E-state index contributed by atoms with van der Waals surface area (Å²) >= 11 is 5.50. The number of H-pyrrole nitrogens is 2. The van der Waals surface area contributed by atoms with Gasteiger partial charge >= 0.3 is 0 Å². The van der Waals surface area contributed by atoms with E-state index >= 15 is 0 Å². The second-order valence-corrected chi connectivity index (χ2v) is 2.32. The molecule has 0 saturated heterocycles. The van der Waals surface area contributed by atoms with Crippen LogP contribution in [0, 0.1) is 0 Å². The van der Waals surface area contributed by atoms with Gasteiger partial charge in [0.15, 0.2) is 11.2 Å². The Morgan fingerprint density at radius 1 is 1.55 bits per heavy atom. The molecule has 0 saturated carbocycles. The number of fused-ring (bicyclic) bond motifs is 1. The van der Waals surface area contributed by atoms with Crippen molar-refractivity contribution in [2.45, 2.75) is 0 Å². The fourth-order valence-electron chi connectivity index (χ4n) is 0.812. The molecule has 0 aliphatic carbocycles. The summed E-state index contributed by atoms with van der Waals surface area (Å²) in [5.41, 5.74) is 0.366. The zero-order valence-corrected chi connectivity index (χ0v) is 6.01. The zero-order chi connectivity index (χ0) is 7.84. The van der Waals surface area contributed by atoms with Gasteiger partial charge in [-0.05, 0) is 11.6 Å². The van der Waals surface area contributed by atoms with Crippen molar-refractivity contribution in [2.24, 2.45) is 0 Å². The van der Waals surface area contributed by atoms with Crippen molar-refractivity contribution in [3.8, 4) is 0 Å². The number of hydrogen-bond acceptors (Lipinski definition) is 3. The third-order valence-corrected chi connectivity index (χ3v) is 1.44. The van der Waals surface area contributed by atoms with Gasteiger partial charge < -0.3 is 9.97 Å². The summed E-state index contributed by atoms with van der Waals surface area (Å²) in [6, 6.07) is 0. The number of aromatic amines is 2. The van der Waals surface area contributed by atoms with Crippen molar-refractivity contribution in [3.05, 3.63) is 22.0 Å². The molecule has 0 aliphatic heterocycles. The van der Waals surface area contributed by atoms with Crippen molar-refractivity contribution in [3.63, 3.8) is 0 Å². The third kappa shape index (κ3) is 0.894. The van der Waals surface area contributed by atoms with E-state index in [1.807, 2.05) is 0 Å². The summed E-state index contributed by atoms with van der Waals surface area (Å²) < 4.78 is 0. The smallest absolute Gasteiger partial charge is 0.276 e. The molecule has 0 fully saturated rings. The number of nitrogens with one attached hydrogen (secondary N) is 2. The number of hydrogen-bond donors (Lipinski definition) is 2. The highest BCUT2D eigenvalue weighted by atomic mass is 35.5. The minimum atomic E-state index is -0.269. The monoisotopic (exact) mass is 170 g/mol. The third-order valence-electron chi connectivity index (χ3n) is 1.27. The zero-order valence-electron chi connectivity index (χ0n) is 5.26. The van der Waals surface area contributed by atoms with E-state index < -0.39 is 0 Å². The average Bonchev–Trinajstić information content (AvgIpc) is 2.31. The molecule has 0 aromatic carbocycles. The van der Waals surface area contributed by atoms with Crippen LogP contribution in [-0.4, -0.2) is 19.9 Å². The van der Waals surface area contributed by atoms with Crippen LogP contribution in [0.5, 0.6) is 0 Å². The molecular formula is C5H3ClN4O. The Labute approximate surface area is 65.4 Å². The van der Waals surface area contributed by atoms with Crippen molar-refractivity contribution >= 4 is 22.8 Å². The van der Waals surface area contributed by atoms with Crippen LogP contribution in [0.2, 0.25) is 5.28 Å². The van der Waals surface area contributed by atoms with E-state index in [4.69, 9.17) is 11.6 Å². The lowest BCUT2D eigenvalue weighted by molar-refractivity contribution is 1.15. The highest BCUT2D eigenvalue weighted by Gasteiger charge is 2.03. The Kier molecular flexibility index (Phi) is 1.19. The Morgan fingerprint density at radius 2 is 2.36 bits per heavy atom. The summed E-state index contributed by atoms with van der Waals surface area (Å²) in [6.45, 7) is 0. The second kappa shape index (κ2) is 2.06. The normalized spacial score (nSPS) is 10.6. The van der Waals surface area contributed by atoms with Crippen molar-refractivity contribution < 1.29 is 0 Å². The number of imidazole rings is 1. The van der Waals surface area contributed by atoms with Gasteiger partial charge in [0.05, 0.1) is 6.33 Å². The van der Waals surface area contributed by atoms with Crippen LogP contribution in [-0.2, 0) is 0 Å². The first-order valence-corrected chi connectivity index (χ1v) is 3.24. The van der Waals surface area contributed by atoms with Gasteiger partial charge in [0.1, 0.15) is 0 Å². The van der Waals surface area contributed by atoms with E-state index in [2.05, 4.69) is 19.9 Å². The molecule has 2 aromatic rings. The topological polar surface area (TPSA) is 74.4 Å². The molecule has 2 rings (SSSR count). The van der Waals surface area contributed by atoms with Gasteiger partial charge in [0.2, 0.25) is 5.28 Å². The number of nitrogens with zero attached hydrogens (tertiary/aromatic N) is 2. The highest BCUT2D eigenvalue weighted by molar-refractivity contribution is 6.28. The Morgan fingerprint density at radius 3 is 3.09 bits per heavy atom. The number of rotatable bonds is 0. The molecular weight excluding hydrogens is 168 g/mol. The van der Waals surface area contributed by atoms with Crippen LogP contribution >= 0.6 is 11.6 Å². The van der Waals surface area contributed by atoms with Crippen molar-refractivity contribution in [2.75, 3.05) is 0 Å².